The number of likely N-dealkylation sites (tertiary alicyclic amines) is 1. The van der Waals surface area contributed by atoms with Crippen molar-refractivity contribution in [3.8, 4) is 11.4 Å². The maximum absolute atomic E-state index is 12.8. The first-order chi connectivity index (χ1) is 13.1. The van der Waals surface area contributed by atoms with Crippen LogP contribution in [-0.2, 0) is 0 Å². The standard InChI is InChI=1S/C21H22N4O2/c1-14-6-3-8-16(12-14)19-23-20(27-24-19)18-10-5-11-25(18)21(26)22-17-9-4-7-15(2)13-17/h3-4,6-9,12-13,18H,5,10-11H2,1-2H3,(H,22,26)/t18-/m0/s1. The Balaban J connectivity index is 1.52. The molecule has 138 valence electrons. The minimum absolute atomic E-state index is 0.140. The molecule has 3 aromatic rings. The molecule has 0 unspecified atom stereocenters. The van der Waals surface area contributed by atoms with E-state index in [0.717, 1.165) is 35.2 Å². The first-order valence-electron chi connectivity index (χ1n) is 9.15. The number of benzene rings is 2. The lowest BCUT2D eigenvalue weighted by Gasteiger charge is -2.22. The molecule has 4 rings (SSSR count). The lowest BCUT2D eigenvalue weighted by Crippen LogP contribution is -2.34. The van der Waals surface area contributed by atoms with E-state index in [0.29, 0.717) is 18.3 Å². The molecule has 2 amide bonds. The van der Waals surface area contributed by atoms with Crippen molar-refractivity contribution in [3.05, 3.63) is 65.5 Å². The molecule has 2 aromatic carbocycles. The van der Waals surface area contributed by atoms with Gasteiger partial charge in [0.25, 0.3) is 0 Å². The number of anilines is 1. The first kappa shape index (κ1) is 17.3. The van der Waals surface area contributed by atoms with Gasteiger partial charge in [-0.1, -0.05) is 41.1 Å². The quantitative estimate of drug-likeness (QED) is 0.732. The smallest absolute Gasteiger partial charge is 0.322 e. The van der Waals surface area contributed by atoms with E-state index in [2.05, 4.69) is 15.5 Å². The fourth-order valence-corrected chi connectivity index (χ4v) is 3.46. The average molecular weight is 362 g/mol. The van der Waals surface area contributed by atoms with Gasteiger partial charge < -0.3 is 14.7 Å². The summed E-state index contributed by atoms with van der Waals surface area (Å²) in [5, 5.41) is 7.08. The number of hydrogen-bond donors (Lipinski definition) is 1. The van der Waals surface area contributed by atoms with Crippen molar-refractivity contribution in [2.24, 2.45) is 0 Å². The van der Waals surface area contributed by atoms with Gasteiger partial charge in [-0.05, 0) is 50.5 Å². The third-order valence-corrected chi connectivity index (χ3v) is 4.79. The van der Waals surface area contributed by atoms with Gasteiger partial charge in [0.2, 0.25) is 11.7 Å². The van der Waals surface area contributed by atoms with Crippen LogP contribution in [0.5, 0.6) is 0 Å². The van der Waals surface area contributed by atoms with Crippen molar-refractivity contribution in [3.63, 3.8) is 0 Å². The zero-order valence-electron chi connectivity index (χ0n) is 15.5. The van der Waals surface area contributed by atoms with Crippen LogP contribution in [0.25, 0.3) is 11.4 Å². The topological polar surface area (TPSA) is 71.3 Å². The Morgan fingerprint density at radius 3 is 2.70 bits per heavy atom. The Morgan fingerprint density at radius 1 is 1.15 bits per heavy atom. The Bertz CT molecular complexity index is 966. The van der Waals surface area contributed by atoms with Crippen molar-refractivity contribution in [1.29, 1.82) is 0 Å². The highest BCUT2D eigenvalue weighted by molar-refractivity contribution is 5.89. The van der Waals surface area contributed by atoms with Crippen LogP contribution in [-0.4, -0.2) is 27.6 Å². The Kier molecular flexibility index (Phi) is 4.62. The van der Waals surface area contributed by atoms with E-state index < -0.39 is 0 Å². The van der Waals surface area contributed by atoms with Gasteiger partial charge in [-0.25, -0.2) is 4.79 Å². The monoisotopic (exact) mass is 362 g/mol. The summed E-state index contributed by atoms with van der Waals surface area (Å²) < 4.78 is 5.51. The largest absolute Gasteiger partial charge is 0.337 e. The van der Waals surface area contributed by atoms with E-state index in [4.69, 9.17) is 4.52 Å². The summed E-state index contributed by atoms with van der Waals surface area (Å²) in [6.07, 6.45) is 1.73. The van der Waals surface area contributed by atoms with Gasteiger partial charge in [0, 0.05) is 17.8 Å². The van der Waals surface area contributed by atoms with Crippen LogP contribution >= 0.6 is 0 Å². The summed E-state index contributed by atoms with van der Waals surface area (Å²) in [7, 11) is 0. The number of hydrogen-bond acceptors (Lipinski definition) is 4. The lowest BCUT2D eigenvalue weighted by atomic mass is 10.1. The number of carbonyl (C=O) groups is 1. The number of nitrogens with one attached hydrogen (secondary N) is 1. The van der Waals surface area contributed by atoms with E-state index in [9.17, 15) is 4.79 Å². The number of rotatable bonds is 3. The molecule has 6 heteroatoms. The van der Waals surface area contributed by atoms with E-state index in [1.807, 2.05) is 62.4 Å². The molecule has 0 spiro atoms. The molecule has 1 aromatic heterocycles. The first-order valence-corrected chi connectivity index (χ1v) is 9.15. The third kappa shape index (κ3) is 3.69. The second-order valence-electron chi connectivity index (χ2n) is 6.98. The molecule has 0 bridgehead atoms. The molecule has 1 atom stereocenters. The van der Waals surface area contributed by atoms with Crippen molar-refractivity contribution in [1.82, 2.24) is 15.0 Å². The zero-order chi connectivity index (χ0) is 18.8. The van der Waals surface area contributed by atoms with Crippen LogP contribution in [0.4, 0.5) is 10.5 Å². The van der Waals surface area contributed by atoms with E-state index in [1.54, 1.807) is 4.90 Å². The molecular weight excluding hydrogens is 340 g/mol. The summed E-state index contributed by atoms with van der Waals surface area (Å²) in [5.74, 6) is 1.04. The summed E-state index contributed by atoms with van der Waals surface area (Å²) in [6.45, 7) is 4.70. The Morgan fingerprint density at radius 2 is 1.93 bits per heavy atom. The second kappa shape index (κ2) is 7.23. The molecule has 1 fully saturated rings. The molecule has 2 heterocycles. The van der Waals surface area contributed by atoms with Gasteiger partial charge in [0.05, 0.1) is 0 Å². The van der Waals surface area contributed by atoms with Gasteiger partial charge in [0.1, 0.15) is 6.04 Å². The van der Waals surface area contributed by atoms with Gasteiger partial charge in [0.15, 0.2) is 0 Å². The van der Waals surface area contributed by atoms with Gasteiger partial charge >= 0.3 is 6.03 Å². The highest BCUT2D eigenvalue weighted by atomic mass is 16.5. The van der Waals surface area contributed by atoms with Crippen molar-refractivity contribution < 1.29 is 9.32 Å². The Labute approximate surface area is 158 Å². The molecule has 1 aliphatic heterocycles. The van der Waals surface area contributed by atoms with Crippen molar-refractivity contribution in [2.75, 3.05) is 11.9 Å². The van der Waals surface area contributed by atoms with Crippen LogP contribution < -0.4 is 5.32 Å². The van der Waals surface area contributed by atoms with E-state index in [1.165, 1.54) is 0 Å². The zero-order valence-corrected chi connectivity index (χ0v) is 15.5. The number of carbonyl (C=O) groups excluding carboxylic acids is 1. The molecule has 1 saturated heterocycles. The molecule has 0 aliphatic carbocycles. The number of amides is 2. The van der Waals surface area contributed by atoms with Crippen molar-refractivity contribution >= 4 is 11.7 Å². The number of urea groups is 1. The SMILES string of the molecule is Cc1cccc(NC(=O)N2CCC[C@H]2c2nc(-c3cccc(C)c3)no2)c1. The van der Waals surface area contributed by atoms with Gasteiger partial charge in [-0.3, -0.25) is 0 Å². The highest BCUT2D eigenvalue weighted by Crippen LogP contribution is 2.32. The molecular formula is C21H22N4O2. The highest BCUT2D eigenvalue weighted by Gasteiger charge is 2.34. The molecule has 0 saturated carbocycles. The molecule has 1 aliphatic rings. The predicted molar refractivity (Wildman–Crippen MR) is 103 cm³/mol. The van der Waals surface area contributed by atoms with Crippen LogP contribution in [0.3, 0.4) is 0 Å². The lowest BCUT2D eigenvalue weighted by molar-refractivity contribution is 0.193. The van der Waals surface area contributed by atoms with Crippen LogP contribution in [0.2, 0.25) is 0 Å². The summed E-state index contributed by atoms with van der Waals surface area (Å²) in [6, 6.07) is 15.4. The van der Waals surface area contributed by atoms with Gasteiger partial charge in [-0.15, -0.1) is 0 Å². The summed E-state index contributed by atoms with van der Waals surface area (Å²) in [4.78, 5) is 19.1. The normalized spacial score (nSPS) is 16.5. The maximum Gasteiger partial charge on any atom is 0.322 e. The summed E-state index contributed by atoms with van der Waals surface area (Å²) in [5.41, 5.74) is 3.94. The van der Waals surface area contributed by atoms with Crippen molar-refractivity contribution in [2.45, 2.75) is 32.7 Å². The van der Waals surface area contributed by atoms with Crippen LogP contribution in [0.15, 0.2) is 53.1 Å². The average Bonchev–Trinajstić information content (AvgIpc) is 3.31. The third-order valence-electron chi connectivity index (χ3n) is 4.79. The minimum atomic E-state index is -0.194. The minimum Gasteiger partial charge on any atom is -0.337 e. The molecule has 0 radical (unpaired) electrons. The molecule has 1 N–H and O–H groups in total. The molecule has 6 nitrogen and oxygen atoms in total. The van der Waals surface area contributed by atoms with Crippen LogP contribution in [0, 0.1) is 13.8 Å². The Hall–Kier alpha value is -3.15. The number of aromatic nitrogens is 2. The predicted octanol–water partition coefficient (Wildman–Crippen LogP) is 4.72. The fraction of sp³-hybridized carbons (Fsp3) is 0.286. The van der Waals surface area contributed by atoms with Gasteiger partial charge in [-0.2, -0.15) is 4.98 Å². The summed E-state index contributed by atoms with van der Waals surface area (Å²) >= 11 is 0. The van der Waals surface area contributed by atoms with E-state index in [-0.39, 0.29) is 12.1 Å². The van der Waals surface area contributed by atoms with Crippen LogP contribution in [0.1, 0.15) is 35.9 Å². The molecule has 27 heavy (non-hydrogen) atoms. The maximum atomic E-state index is 12.8. The number of nitrogens with zero attached hydrogens (tertiary/aromatic N) is 3. The number of aryl methyl sites for hydroxylation is 2. The second-order valence-corrected chi connectivity index (χ2v) is 6.98. The fourth-order valence-electron chi connectivity index (χ4n) is 3.46. The van der Waals surface area contributed by atoms with E-state index >= 15 is 0 Å².